The third-order valence-corrected chi connectivity index (χ3v) is 4.39. The summed E-state index contributed by atoms with van der Waals surface area (Å²) in [5.41, 5.74) is 0.658. The average Bonchev–Trinajstić information content (AvgIpc) is 2.61. The third-order valence-electron chi connectivity index (χ3n) is 4.39. The molecule has 1 fully saturated rings. The van der Waals surface area contributed by atoms with Gasteiger partial charge >= 0.3 is 5.97 Å². The van der Waals surface area contributed by atoms with Crippen LogP contribution in [0, 0.1) is 0 Å². The van der Waals surface area contributed by atoms with Gasteiger partial charge in [0.1, 0.15) is 5.82 Å². The number of H-pyrrole nitrogens is 1. The van der Waals surface area contributed by atoms with Gasteiger partial charge in [0, 0.05) is 13.2 Å². The molecule has 25 heavy (non-hydrogen) atoms. The van der Waals surface area contributed by atoms with E-state index in [4.69, 9.17) is 9.47 Å². The summed E-state index contributed by atoms with van der Waals surface area (Å²) in [5.74, 6) is 0.120. The van der Waals surface area contributed by atoms with Crippen molar-refractivity contribution in [1.82, 2.24) is 14.9 Å². The van der Waals surface area contributed by atoms with E-state index in [0.29, 0.717) is 28.8 Å². The van der Waals surface area contributed by atoms with Crippen molar-refractivity contribution < 1.29 is 14.3 Å². The van der Waals surface area contributed by atoms with Crippen LogP contribution in [0.5, 0.6) is 0 Å². The number of nitrogens with zero attached hydrogens (tertiary/aromatic N) is 2. The van der Waals surface area contributed by atoms with Crippen molar-refractivity contribution >= 4 is 16.9 Å². The minimum atomic E-state index is -0.447. The number of rotatable bonds is 5. The molecular formula is C18H23N3O4. The van der Waals surface area contributed by atoms with Gasteiger partial charge in [0.05, 0.1) is 36.2 Å². The summed E-state index contributed by atoms with van der Waals surface area (Å²) in [6.07, 6.45) is 3.62. The predicted octanol–water partition coefficient (Wildman–Crippen LogP) is 1.71. The molecule has 1 aliphatic heterocycles. The van der Waals surface area contributed by atoms with Crippen LogP contribution in [0.1, 0.15) is 35.4 Å². The summed E-state index contributed by atoms with van der Waals surface area (Å²) < 4.78 is 10.5. The molecule has 1 N–H and O–H groups in total. The van der Waals surface area contributed by atoms with Crippen molar-refractivity contribution in [3.05, 3.63) is 39.9 Å². The Hall–Kier alpha value is -2.25. The van der Waals surface area contributed by atoms with Gasteiger partial charge in [-0.05, 0) is 44.5 Å². The van der Waals surface area contributed by atoms with Crippen LogP contribution >= 0.6 is 0 Å². The molecule has 0 saturated carbocycles. The number of aromatic nitrogens is 2. The molecule has 1 atom stereocenters. The molecule has 1 unspecified atom stereocenters. The predicted molar refractivity (Wildman–Crippen MR) is 93.6 cm³/mol. The second-order valence-corrected chi connectivity index (χ2v) is 6.42. The second-order valence-electron chi connectivity index (χ2n) is 6.42. The Kier molecular flexibility index (Phi) is 5.45. The number of likely N-dealkylation sites (N-methyl/N-ethyl adjacent to an activating group) is 1. The Labute approximate surface area is 146 Å². The minimum Gasteiger partial charge on any atom is -0.465 e. The molecule has 1 aromatic carbocycles. The first kappa shape index (κ1) is 17.6. The van der Waals surface area contributed by atoms with Crippen LogP contribution in [0.2, 0.25) is 0 Å². The van der Waals surface area contributed by atoms with Crippen LogP contribution in [0.15, 0.2) is 23.0 Å². The molecule has 2 aromatic rings. The number of nitrogens with one attached hydrogen (secondary N) is 1. The number of benzene rings is 1. The Morgan fingerprint density at radius 3 is 3.00 bits per heavy atom. The van der Waals surface area contributed by atoms with E-state index >= 15 is 0 Å². The van der Waals surface area contributed by atoms with Crippen molar-refractivity contribution in [3.8, 4) is 0 Å². The lowest BCUT2D eigenvalue weighted by Crippen LogP contribution is -2.33. The number of hydrogen-bond donors (Lipinski definition) is 1. The summed E-state index contributed by atoms with van der Waals surface area (Å²) in [5, 5.41) is 0.453. The van der Waals surface area contributed by atoms with E-state index in [9.17, 15) is 9.59 Å². The fourth-order valence-corrected chi connectivity index (χ4v) is 3.13. The van der Waals surface area contributed by atoms with Crippen molar-refractivity contribution in [3.63, 3.8) is 0 Å². The van der Waals surface area contributed by atoms with Crippen LogP contribution in [0.3, 0.4) is 0 Å². The topological polar surface area (TPSA) is 84.5 Å². The van der Waals surface area contributed by atoms with Crippen molar-refractivity contribution in [2.24, 2.45) is 0 Å². The van der Waals surface area contributed by atoms with E-state index in [0.717, 1.165) is 26.0 Å². The number of aromatic amines is 1. The summed E-state index contributed by atoms with van der Waals surface area (Å²) in [4.78, 5) is 33.3. The molecule has 7 nitrogen and oxygen atoms in total. The lowest BCUT2D eigenvalue weighted by Gasteiger charge is -2.27. The highest BCUT2D eigenvalue weighted by Crippen LogP contribution is 2.15. The maximum Gasteiger partial charge on any atom is 0.337 e. The van der Waals surface area contributed by atoms with Crippen LogP contribution < -0.4 is 5.56 Å². The number of carbonyl (C=O) groups is 1. The highest BCUT2D eigenvalue weighted by atomic mass is 16.5. The number of carbonyl (C=O) groups excluding carboxylic acids is 1. The third kappa shape index (κ3) is 4.24. The van der Waals surface area contributed by atoms with Crippen LogP contribution in [-0.4, -0.2) is 54.3 Å². The van der Waals surface area contributed by atoms with Gasteiger partial charge in [0.25, 0.3) is 5.56 Å². The monoisotopic (exact) mass is 345 g/mol. The van der Waals surface area contributed by atoms with Gasteiger partial charge in [0.2, 0.25) is 0 Å². The molecule has 1 aromatic heterocycles. The maximum atomic E-state index is 12.3. The molecule has 0 spiro atoms. The summed E-state index contributed by atoms with van der Waals surface area (Å²) >= 11 is 0. The second kappa shape index (κ2) is 7.76. The van der Waals surface area contributed by atoms with Crippen molar-refractivity contribution in [2.75, 3.05) is 27.3 Å². The first-order chi connectivity index (χ1) is 12.1. The number of ether oxygens (including phenoxy) is 2. The number of methoxy groups -OCH3 is 1. The number of esters is 1. The zero-order valence-electron chi connectivity index (χ0n) is 14.6. The van der Waals surface area contributed by atoms with Gasteiger partial charge < -0.3 is 14.5 Å². The minimum absolute atomic E-state index is 0.210. The first-order valence-corrected chi connectivity index (χ1v) is 8.48. The van der Waals surface area contributed by atoms with E-state index in [-0.39, 0.29) is 11.7 Å². The summed E-state index contributed by atoms with van der Waals surface area (Å²) in [6.45, 7) is 2.12. The lowest BCUT2D eigenvalue weighted by atomic mass is 10.1. The van der Waals surface area contributed by atoms with Gasteiger partial charge in [-0.3, -0.25) is 9.69 Å². The molecule has 0 aliphatic carbocycles. The van der Waals surface area contributed by atoms with Crippen molar-refractivity contribution in [2.45, 2.75) is 31.9 Å². The summed E-state index contributed by atoms with van der Waals surface area (Å²) in [6, 6.07) is 4.75. The standard InChI is InChI=1S/C18H23N3O4/c1-21(10-13-5-3-4-8-25-13)11-16-19-15-9-12(18(23)24-2)6-7-14(15)17(22)20-16/h6-7,9,13H,3-5,8,10-11H2,1-2H3,(H,19,20,22). The van der Waals surface area contributed by atoms with Gasteiger partial charge in [-0.25, -0.2) is 9.78 Å². The van der Waals surface area contributed by atoms with Gasteiger partial charge in [-0.1, -0.05) is 0 Å². The van der Waals surface area contributed by atoms with E-state index in [1.54, 1.807) is 18.2 Å². The fraction of sp³-hybridized carbons (Fsp3) is 0.500. The van der Waals surface area contributed by atoms with Crippen LogP contribution in [0.25, 0.3) is 10.9 Å². The van der Waals surface area contributed by atoms with Gasteiger partial charge in [0.15, 0.2) is 0 Å². The number of fused-ring (bicyclic) bond motifs is 1. The molecule has 3 rings (SSSR count). The zero-order valence-corrected chi connectivity index (χ0v) is 14.6. The molecule has 7 heteroatoms. The molecule has 134 valence electrons. The lowest BCUT2D eigenvalue weighted by molar-refractivity contribution is -0.00291. The van der Waals surface area contributed by atoms with Crippen molar-refractivity contribution in [1.29, 1.82) is 0 Å². The van der Waals surface area contributed by atoms with Gasteiger partial charge in [-0.15, -0.1) is 0 Å². The molecular weight excluding hydrogens is 322 g/mol. The summed E-state index contributed by atoms with van der Waals surface area (Å²) in [7, 11) is 3.30. The Morgan fingerprint density at radius 1 is 1.44 bits per heavy atom. The molecule has 1 aliphatic rings. The Morgan fingerprint density at radius 2 is 2.28 bits per heavy atom. The van der Waals surface area contributed by atoms with E-state index in [1.807, 2.05) is 7.05 Å². The Bertz CT molecular complexity index is 812. The highest BCUT2D eigenvalue weighted by Gasteiger charge is 2.17. The van der Waals surface area contributed by atoms with E-state index < -0.39 is 5.97 Å². The largest absolute Gasteiger partial charge is 0.465 e. The van der Waals surface area contributed by atoms with Crippen LogP contribution in [-0.2, 0) is 16.0 Å². The molecule has 1 saturated heterocycles. The molecule has 0 amide bonds. The van der Waals surface area contributed by atoms with E-state index in [1.165, 1.54) is 13.5 Å². The molecule has 2 heterocycles. The SMILES string of the molecule is COC(=O)c1ccc2c(=O)[nH]c(CN(C)CC3CCCCO3)nc2c1. The van der Waals surface area contributed by atoms with E-state index in [2.05, 4.69) is 14.9 Å². The molecule has 0 radical (unpaired) electrons. The normalized spacial score (nSPS) is 17.8. The zero-order chi connectivity index (χ0) is 17.8. The quantitative estimate of drug-likeness (QED) is 0.831. The fourth-order valence-electron chi connectivity index (χ4n) is 3.13. The first-order valence-electron chi connectivity index (χ1n) is 8.48. The van der Waals surface area contributed by atoms with Gasteiger partial charge in [-0.2, -0.15) is 0 Å². The average molecular weight is 345 g/mol. The van der Waals surface area contributed by atoms with Crippen LogP contribution in [0.4, 0.5) is 0 Å². The highest BCUT2D eigenvalue weighted by molar-refractivity contribution is 5.93. The smallest absolute Gasteiger partial charge is 0.337 e. The Balaban J connectivity index is 1.78. The maximum absolute atomic E-state index is 12.3. The molecule has 0 bridgehead atoms. The number of hydrogen-bond acceptors (Lipinski definition) is 6.